The van der Waals surface area contributed by atoms with E-state index in [1.807, 2.05) is 23.2 Å². The van der Waals surface area contributed by atoms with Crippen LogP contribution in [0.2, 0.25) is 0 Å². The fourth-order valence-corrected chi connectivity index (χ4v) is 2.48. The standard InChI is InChI=1S/C15H23N3O2.ClH/c16-13(11-19)10-12-6-2-3-7-14(12)15(20)17-18-8-4-1-5-9-18;/h2-3,6-7,13,19H,1,4-5,8-11,16H2,(H,17,20);1H/t13-;/m1./s1. The summed E-state index contributed by atoms with van der Waals surface area (Å²) >= 11 is 0. The number of hydrazine groups is 1. The first kappa shape index (κ1) is 17.9. The molecule has 1 aliphatic rings. The quantitative estimate of drug-likeness (QED) is 0.760. The fraction of sp³-hybridized carbons (Fsp3) is 0.533. The van der Waals surface area contributed by atoms with Gasteiger partial charge in [-0.15, -0.1) is 12.4 Å². The van der Waals surface area contributed by atoms with E-state index in [1.165, 1.54) is 6.42 Å². The number of amides is 1. The van der Waals surface area contributed by atoms with Crippen LogP contribution in [-0.2, 0) is 6.42 Å². The maximum absolute atomic E-state index is 12.3. The van der Waals surface area contributed by atoms with E-state index in [4.69, 9.17) is 10.8 Å². The van der Waals surface area contributed by atoms with Crippen molar-refractivity contribution in [2.75, 3.05) is 19.7 Å². The Kier molecular flexibility index (Phi) is 7.67. The van der Waals surface area contributed by atoms with Gasteiger partial charge in [-0.25, -0.2) is 5.01 Å². The average Bonchev–Trinajstić information content (AvgIpc) is 2.48. The first-order valence-electron chi connectivity index (χ1n) is 7.21. The lowest BCUT2D eigenvalue weighted by Gasteiger charge is -2.27. The zero-order valence-corrected chi connectivity index (χ0v) is 12.9. The molecule has 1 heterocycles. The molecule has 1 aliphatic heterocycles. The molecule has 0 bridgehead atoms. The summed E-state index contributed by atoms with van der Waals surface area (Å²) in [5, 5.41) is 11.0. The topological polar surface area (TPSA) is 78.6 Å². The molecule has 0 saturated carbocycles. The third kappa shape index (κ3) is 5.28. The molecule has 6 heteroatoms. The Morgan fingerprint density at radius 1 is 1.29 bits per heavy atom. The van der Waals surface area contributed by atoms with Gasteiger partial charge in [-0.05, 0) is 30.9 Å². The first-order valence-corrected chi connectivity index (χ1v) is 7.21. The molecule has 118 valence electrons. The third-order valence-electron chi connectivity index (χ3n) is 3.59. The number of nitrogens with one attached hydrogen (secondary N) is 1. The molecule has 1 fully saturated rings. The van der Waals surface area contributed by atoms with E-state index in [2.05, 4.69) is 5.43 Å². The summed E-state index contributed by atoms with van der Waals surface area (Å²) in [7, 11) is 0. The molecule has 0 aromatic heterocycles. The zero-order valence-electron chi connectivity index (χ0n) is 12.1. The lowest BCUT2D eigenvalue weighted by atomic mass is 10.0. The monoisotopic (exact) mass is 313 g/mol. The van der Waals surface area contributed by atoms with E-state index in [0.717, 1.165) is 31.5 Å². The third-order valence-corrected chi connectivity index (χ3v) is 3.59. The number of carbonyl (C=O) groups excluding carboxylic acids is 1. The van der Waals surface area contributed by atoms with Gasteiger partial charge < -0.3 is 10.8 Å². The van der Waals surface area contributed by atoms with Gasteiger partial charge in [0.1, 0.15) is 0 Å². The Morgan fingerprint density at radius 3 is 2.62 bits per heavy atom. The highest BCUT2D eigenvalue weighted by Gasteiger charge is 2.17. The van der Waals surface area contributed by atoms with Crippen LogP contribution in [0.25, 0.3) is 0 Å². The van der Waals surface area contributed by atoms with E-state index in [1.54, 1.807) is 6.07 Å². The van der Waals surface area contributed by atoms with Gasteiger partial charge >= 0.3 is 0 Å². The minimum Gasteiger partial charge on any atom is -0.395 e. The second-order valence-electron chi connectivity index (χ2n) is 5.29. The van der Waals surface area contributed by atoms with Gasteiger partial charge in [0.25, 0.3) is 5.91 Å². The molecule has 1 aromatic carbocycles. The number of benzene rings is 1. The summed E-state index contributed by atoms with van der Waals surface area (Å²) in [4.78, 5) is 12.3. The molecule has 0 radical (unpaired) electrons. The van der Waals surface area contributed by atoms with Crippen LogP contribution in [0.5, 0.6) is 0 Å². The van der Waals surface area contributed by atoms with Crippen molar-refractivity contribution in [2.24, 2.45) is 5.73 Å². The van der Waals surface area contributed by atoms with Crippen LogP contribution in [0.15, 0.2) is 24.3 Å². The highest BCUT2D eigenvalue weighted by atomic mass is 35.5. The van der Waals surface area contributed by atoms with E-state index in [-0.39, 0.29) is 31.0 Å². The van der Waals surface area contributed by atoms with E-state index < -0.39 is 0 Å². The van der Waals surface area contributed by atoms with Gasteiger partial charge in [-0.2, -0.15) is 0 Å². The largest absolute Gasteiger partial charge is 0.395 e. The number of aliphatic hydroxyl groups excluding tert-OH is 1. The van der Waals surface area contributed by atoms with Crippen LogP contribution < -0.4 is 11.2 Å². The van der Waals surface area contributed by atoms with Crippen molar-refractivity contribution in [3.8, 4) is 0 Å². The van der Waals surface area contributed by atoms with Crippen LogP contribution in [0.4, 0.5) is 0 Å². The second-order valence-corrected chi connectivity index (χ2v) is 5.29. The molecule has 21 heavy (non-hydrogen) atoms. The van der Waals surface area contributed by atoms with Crippen LogP contribution in [0.1, 0.15) is 35.2 Å². The van der Waals surface area contributed by atoms with Crippen molar-refractivity contribution in [1.29, 1.82) is 0 Å². The summed E-state index contributed by atoms with van der Waals surface area (Å²) < 4.78 is 0. The smallest absolute Gasteiger partial charge is 0.265 e. The van der Waals surface area contributed by atoms with Gasteiger partial charge in [0.15, 0.2) is 0 Å². The van der Waals surface area contributed by atoms with Gasteiger partial charge in [-0.1, -0.05) is 24.6 Å². The number of halogens is 1. The zero-order chi connectivity index (χ0) is 14.4. The Hall–Kier alpha value is -1.14. The Balaban J connectivity index is 0.00000220. The van der Waals surface area contributed by atoms with Crippen LogP contribution in [0.3, 0.4) is 0 Å². The van der Waals surface area contributed by atoms with Crippen LogP contribution in [-0.4, -0.2) is 41.8 Å². The molecule has 1 saturated heterocycles. The molecule has 4 N–H and O–H groups in total. The molecule has 0 spiro atoms. The maximum Gasteiger partial charge on any atom is 0.265 e. The Bertz CT molecular complexity index is 450. The van der Waals surface area contributed by atoms with Crippen LogP contribution in [0, 0.1) is 0 Å². The summed E-state index contributed by atoms with van der Waals surface area (Å²) in [5.74, 6) is -0.0901. The second kappa shape index (κ2) is 9.00. The minimum absolute atomic E-state index is 0. The number of hydrogen-bond acceptors (Lipinski definition) is 4. The number of hydrogen-bond donors (Lipinski definition) is 3. The summed E-state index contributed by atoms with van der Waals surface area (Å²) in [6, 6.07) is 7.09. The highest BCUT2D eigenvalue weighted by molar-refractivity contribution is 5.95. The normalized spacial score (nSPS) is 16.9. The van der Waals surface area contributed by atoms with Gasteiger partial charge in [-0.3, -0.25) is 10.2 Å². The predicted octanol–water partition coefficient (Wildman–Crippen LogP) is 1.10. The maximum atomic E-state index is 12.3. The van der Waals surface area contributed by atoms with E-state index in [0.29, 0.717) is 12.0 Å². The molecule has 2 rings (SSSR count). The lowest BCUT2D eigenvalue weighted by Crippen LogP contribution is -2.45. The molecular weight excluding hydrogens is 290 g/mol. The minimum atomic E-state index is -0.334. The molecule has 5 nitrogen and oxygen atoms in total. The summed E-state index contributed by atoms with van der Waals surface area (Å²) in [6.45, 7) is 1.73. The van der Waals surface area contributed by atoms with Crippen molar-refractivity contribution in [3.63, 3.8) is 0 Å². The molecule has 0 aliphatic carbocycles. The fourth-order valence-electron chi connectivity index (χ4n) is 2.48. The van der Waals surface area contributed by atoms with Crippen molar-refractivity contribution >= 4 is 18.3 Å². The molecule has 1 aromatic rings. The summed E-state index contributed by atoms with van der Waals surface area (Å²) in [6.07, 6.45) is 3.98. The number of nitrogens with two attached hydrogens (primary N) is 1. The van der Waals surface area contributed by atoms with E-state index in [9.17, 15) is 4.79 Å². The number of aliphatic hydroxyl groups is 1. The van der Waals surface area contributed by atoms with E-state index >= 15 is 0 Å². The first-order chi connectivity index (χ1) is 9.70. The van der Waals surface area contributed by atoms with Crippen molar-refractivity contribution < 1.29 is 9.90 Å². The number of nitrogens with zero attached hydrogens (tertiary/aromatic N) is 1. The molecular formula is C15H24ClN3O2. The Morgan fingerprint density at radius 2 is 1.95 bits per heavy atom. The number of rotatable bonds is 5. The van der Waals surface area contributed by atoms with Crippen molar-refractivity contribution in [2.45, 2.75) is 31.7 Å². The Labute approximate surface area is 131 Å². The van der Waals surface area contributed by atoms with Gasteiger partial charge in [0, 0.05) is 24.7 Å². The predicted molar refractivity (Wildman–Crippen MR) is 85.3 cm³/mol. The highest BCUT2D eigenvalue weighted by Crippen LogP contribution is 2.12. The van der Waals surface area contributed by atoms with Crippen molar-refractivity contribution in [3.05, 3.63) is 35.4 Å². The van der Waals surface area contributed by atoms with Gasteiger partial charge in [0.2, 0.25) is 0 Å². The molecule has 0 unspecified atom stereocenters. The average molecular weight is 314 g/mol. The molecule has 1 amide bonds. The lowest BCUT2D eigenvalue weighted by molar-refractivity contribution is 0.0749. The summed E-state index contributed by atoms with van der Waals surface area (Å²) in [5.41, 5.74) is 10.2. The SMILES string of the molecule is Cl.N[C@@H](CO)Cc1ccccc1C(=O)NN1CCCCC1. The molecule has 1 atom stereocenters. The number of carbonyl (C=O) groups is 1. The van der Waals surface area contributed by atoms with Crippen LogP contribution >= 0.6 is 12.4 Å². The van der Waals surface area contributed by atoms with Gasteiger partial charge in [0.05, 0.1) is 6.61 Å². The number of piperidine rings is 1. The van der Waals surface area contributed by atoms with Crippen molar-refractivity contribution in [1.82, 2.24) is 10.4 Å².